The third kappa shape index (κ3) is 5.22. The van der Waals surface area contributed by atoms with Gasteiger partial charge in [0.05, 0.1) is 11.3 Å². The zero-order chi connectivity index (χ0) is 21.5. The zero-order valence-corrected chi connectivity index (χ0v) is 17.1. The van der Waals surface area contributed by atoms with E-state index in [-0.39, 0.29) is 5.82 Å². The summed E-state index contributed by atoms with van der Waals surface area (Å²) in [7, 11) is 0. The second-order valence-corrected chi connectivity index (χ2v) is 7.35. The van der Waals surface area contributed by atoms with Crippen LogP contribution in [0.1, 0.15) is 16.7 Å². The molecule has 0 atom stereocenters. The van der Waals surface area contributed by atoms with Gasteiger partial charge in [0.25, 0.3) is 0 Å². The monoisotopic (exact) mass is 407 g/mol. The van der Waals surface area contributed by atoms with E-state index in [1.165, 1.54) is 17.7 Å². The molecule has 0 bridgehead atoms. The SMILES string of the molecule is N#Cc1cnc(-c2ccc(CNCCc3ccc(F)cc3)cc2)c(-c2ccccc2)c1. The molecule has 152 valence electrons. The largest absolute Gasteiger partial charge is 0.312 e. The standard InChI is InChI=1S/C27H22FN3/c28-25-12-8-20(9-13-25)14-15-30-18-21-6-10-24(11-7-21)27-26(16-22(17-29)19-31-27)23-4-2-1-3-5-23/h1-13,16,19,30H,14-15,18H2. The quantitative estimate of drug-likeness (QED) is 0.396. The van der Waals surface area contributed by atoms with Gasteiger partial charge < -0.3 is 5.32 Å². The van der Waals surface area contributed by atoms with Crippen LogP contribution in [0.15, 0.2) is 91.1 Å². The molecule has 3 nitrogen and oxygen atoms in total. The van der Waals surface area contributed by atoms with Crippen molar-refractivity contribution in [3.8, 4) is 28.5 Å². The second kappa shape index (κ2) is 9.80. The van der Waals surface area contributed by atoms with Gasteiger partial charge in [0.15, 0.2) is 0 Å². The van der Waals surface area contributed by atoms with Crippen molar-refractivity contribution in [2.45, 2.75) is 13.0 Å². The predicted molar refractivity (Wildman–Crippen MR) is 122 cm³/mol. The van der Waals surface area contributed by atoms with Crippen LogP contribution >= 0.6 is 0 Å². The molecule has 0 spiro atoms. The van der Waals surface area contributed by atoms with Crippen molar-refractivity contribution in [1.82, 2.24) is 10.3 Å². The van der Waals surface area contributed by atoms with Gasteiger partial charge in [0.1, 0.15) is 11.9 Å². The molecule has 4 heteroatoms. The van der Waals surface area contributed by atoms with E-state index >= 15 is 0 Å². The number of pyridine rings is 1. The summed E-state index contributed by atoms with van der Waals surface area (Å²) in [4.78, 5) is 4.58. The molecule has 1 aromatic heterocycles. The molecule has 0 aliphatic carbocycles. The highest BCUT2D eigenvalue weighted by molar-refractivity contribution is 5.81. The summed E-state index contributed by atoms with van der Waals surface area (Å²) in [5, 5.41) is 12.7. The number of nitrogens with zero attached hydrogens (tertiary/aromatic N) is 2. The van der Waals surface area contributed by atoms with E-state index in [4.69, 9.17) is 0 Å². The second-order valence-electron chi connectivity index (χ2n) is 7.35. The lowest BCUT2D eigenvalue weighted by Gasteiger charge is -2.11. The molecule has 0 radical (unpaired) electrons. The molecule has 0 aliphatic rings. The Labute approximate surface area is 181 Å². The maximum atomic E-state index is 13.0. The fourth-order valence-corrected chi connectivity index (χ4v) is 3.49. The molecular formula is C27H22FN3. The summed E-state index contributed by atoms with van der Waals surface area (Å²) in [5.74, 6) is -0.205. The average Bonchev–Trinajstić information content (AvgIpc) is 2.83. The molecular weight excluding hydrogens is 385 g/mol. The van der Waals surface area contributed by atoms with Crippen LogP contribution in [0.2, 0.25) is 0 Å². The number of benzene rings is 3. The average molecular weight is 407 g/mol. The summed E-state index contributed by atoms with van der Waals surface area (Å²) >= 11 is 0. The minimum Gasteiger partial charge on any atom is -0.312 e. The third-order valence-corrected chi connectivity index (χ3v) is 5.16. The summed E-state index contributed by atoms with van der Waals surface area (Å²) in [6.45, 7) is 1.58. The van der Waals surface area contributed by atoms with Crippen molar-refractivity contribution in [2.75, 3.05) is 6.54 Å². The summed E-state index contributed by atoms with van der Waals surface area (Å²) in [6.07, 6.45) is 2.47. The maximum Gasteiger partial charge on any atom is 0.123 e. The maximum absolute atomic E-state index is 13.0. The van der Waals surface area contributed by atoms with Gasteiger partial charge in [-0.1, -0.05) is 66.7 Å². The molecule has 1 heterocycles. The Kier molecular flexibility index (Phi) is 6.47. The van der Waals surface area contributed by atoms with E-state index in [0.29, 0.717) is 5.56 Å². The van der Waals surface area contributed by atoms with Gasteiger partial charge in [0.2, 0.25) is 0 Å². The van der Waals surface area contributed by atoms with Crippen molar-refractivity contribution in [3.05, 3.63) is 114 Å². The number of hydrogen-bond acceptors (Lipinski definition) is 3. The van der Waals surface area contributed by atoms with Gasteiger partial charge in [-0.2, -0.15) is 5.26 Å². The Balaban J connectivity index is 1.44. The number of aromatic nitrogens is 1. The van der Waals surface area contributed by atoms with Crippen LogP contribution in [0.25, 0.3) is 22.4 Å². The van der Waals surface area contributed by atoms with E-state index in [1.54, 1.807) is 6.20 Å². The normalized spacial score (nSPS) is 10.6. The van der Waals surface area contributed by atoms with Crippen LogP contribution in [0.5, 0.6) is 0 Å². The number of halogens is 1. The van der Waals surface area contributed by atoms with Crippen LogP contribution in [0.4, 0.5) is 4.39 Å². The van der Waals surface area contributed by atoms with Crippen molar-refractivity contribution in [3.63, 3.8) is 0 Å². The third-order valence-electron chi connectivity index (χ3n) is 5.16. The predicted octanol–water partition coefficient (Wildman–Crippen LogP) is 5.76. The number of nitrogens with one attached hydrogen (secondary N) is 1. The molecule has 4 aromatic rings. The molecule has 0 unspecified atom stereocenters. The first-order chi connectivity index (χ1) is 15.2. The molecule has 31 heavy (non-hydrogen) atoms. The van der Waals surface area contributed by atoms with Gasteiger partial charge >= 0.3 is 0 Å². The Bertz CT molecular complexity index is 1180. The van der Waals surface area contributed by atoms with E-state index in [0.717, 1.165) is 47.5 Å². The smallest absolute Gasteiger partial charge is 0.123 e. The van der Waals surface area contributed by atoms with Crippen molar-refractivity contribution < 1.29 is 4.39 Å². The van der Waals surface area contributed by atoms with E-state index in [1.807, 2.05) is 48.5 Å². The van der Waals surface area contributed by atoms with Crippen LogP contribution in [0, 0.1) is 17.1 Å². The Hall–Kier alpha value is -3.81. The van der Waals surface area contributed by atoms with Gasteiger partial charge in [-0.3, -0.25) is 4.98 Å². The number of rotatable bonds is 7. The molecule has 1 N–H and O–H groups in total. The first-order valence-corrected chi connectivity index (χ1v) is 10.2. The summed E-state index contributed by atoms with van der Waals surface area (Å²) < 4.78 is 13.0. The minimum atomic E-state index is -0.205. The highest BCUT2D eigenvalue weighted by Crippen LogP contribution is 2.31. The molecule has 0 saturated carbocycles. The Morgan fingerprint density at radius 3 is 2.26 bits per heavy atom. The first kappa shape index (κ1) is 20.5. The molecule has 3 aromatic carbocycles. The fourth-order valence-electron chi connectivity index (χ4n) is 3.49. The van der Waals surface area contributed by atoms with Crippen LogP contribution < -0.4 is 5.32 Å². The van der Waals surface area contributed by atoms with E-state index in [9.17, 15) is 9.65 Å². The zero-order valence-electron chi connectivity index (χ0n) is 17.1. The molecule has 0 aliphatic heterocycles. The summed E-state index contributed by atoms with van der Waals surface area (Å²) in [6, 6.07) is 29.0. The lowest BCUT2D eigenvalue weighted by molar-refractivity contribution is 0.626. The van der Waals surface area contributed by atoms with Crippen molar-refractivity contribution in [2.24, 2.45) is 0 Å². The highest BCUT2D eigenvalue weighted by Gasteiger charge is 2.10. The molecule has 4 rings (SSSR count). The van der Waals surface area contributed by atoms with Gasteiger partial charge in [-0.05, 0) is 47.9 Å². The Morgan fingerprint density at radius 2 is 1.55 bits per heavy atom. The van der Waals surface area contributed by atoms with Gasteiger partial charge in [-0.25, -0.2) is 4.39 Å². The van der Waals surface area contributed by atoms with Crippen molar-refractivity contribution >= 4 is 0 Å². The van der Waals surface area contributed by atoms with Crippen molar-refractivity contribution in [1.29, 1.82) is 5.26 Å². The van der Waals surface area contributed by atoms with Crippen LogP contribution in [0.3, 0.4) is 0 Å². The van der Waals surface area contributed by atoms with Gasteiger partial charge in [0, 0.05) is 23.9 Å². The van der Waals surface area contributed by atoms with E-state index < -0.39 is 0 Å². The number of nitriles is 1. The topological polar surface area (TPSA) is 48.7 Å². The van der Waals surface area contributed by atoms with Crippen LogP contribution in [-0.4, -0.2) is 11.5 Å². The van der Waals surface area contributed by atoms with Gasteiger partial charge in [-0.15, -0.1) is 0 Å². The minimum absolute atomic E-state index is 0.205. The van der Waals surface area contributed by atoms with Crippen LogP contribution in [-0.2, 0) is 13.0 Å². The first-order valence-electron chi connectivity index (χ1n) is 10.2. The summed E-state index contributed by atoms with van der Waals surface area (Å²) in [5.41, 5.74) is 6.70. The molecule has 0 fully saturated rings. The lowest BCUT2D eigenvalue weighted by atomic mass is 9.97. The highest BCUT2D eigenvalue weighted by atomic mass is 19.1. The Morgan fingerprint density at radius 1 is 0.839 bits per heavy atom. The molecule has 0 saturated heterocycles. The lowest BCUT2D eigenvalue weighted by Crippen LogP contribution is -2.16. The number of hydrogen-bond donors (Lipinski definition) is 1. The molecule has 0 amide bonds. The fraction of sp³-hybridized carbons (Fsp3) is 0.111. The van der Waals surface area contributed by atoms with E-state index in [2.05, 4.69) is 40.6 Å².